The maximum absolute atomic E-state index is 12.2. The molecule has 0 fully saturated rings. The Morgan fingerprint density at radius 3 is 2.24 bits per heavy atom. The van der Waals surface area contributed by atoms with Crippen molar-refractivity contribution in [3.05, 3.63) is 53.6 Å². The van der Waals surface area contributed by atoms with E-state index in [0.717, 1.165) is 11.1 Å². The maximum Gasteiger partial charge on any atom is 0.212 e. The molecule has 17 heavy (non-hydrogen) atoms. The van der Waals surface area contributed by atoms with Crippen LogP contribution in [0.1, 0.15) is 11.1 Å². The lowest BCUT2D eigenvalue weighted by Gasteiger charge is -2.01. The maximum atomic E-state index is 12.2. The number of hydrogen-bond acceptors (Lipinski definition) is 4. The largest absolute Gasteiger partial charge is 0.297 e. The third-order valence-corrected chi connectivity index (χ3v) is 4.98. The first kappa shape index (κ1) is 10.7. The van der Waals surface area contributed by atoms with E-state index < -0.39 is 0 Å². The Bertz CT molecular complexity index is 828. The summed E-state index contributed by atoms with van der Waals surface area (Å²) >= 11 is 0. The predicted octanol–water partition coefficient (Wildman–Crippen LogP) is 2.35. The average Bonchev–Trinajstić information content (AvgIpc) is 2.78. The zero-order valence-corrected chi connectivity index (χ0v) is 10.9. The highest BCUT2D eigenvalue weighted by Crippen LogP contribution is 2.15. The molecule has 0 saturated heterocycles. The Labute approximate surface area is 104 Å². The average molecular weight is 263 g/mol. The van der Waals surface area contributed by atoms with Gasteiger partial charge in [-0.2, -0.15) is 0 Å². The second-order valence-corrected chi connectivity index (χ2v) is 6.06. The van der Waals surface area contributed by atoms with Gasteiger partial charge in [-0.05, 0) is 47.6 Å². The van der Waals surface area contributed by atoms with Crippen LogP contribution in [-0.4, -0.2) is 4.37 Å². The number of rotatable bonds is 0. The van der Waals surface area contributed by atoms with E-state index in [1.165, 1.54) is 20.9 Å². The van der Waals surface area contributed by atoms with Crippen LogP contribution in [-0.2, 0) is 0 Å². The van der Waals surface area contributed by atoms with Crippen molar-refractivity contribution >= 4 is 31.6 Å². The van der Waals surface area contributed by atoms with E-state index in [4.69, 9.17) is 0 Å². The van der Waals surface area contributed by atoms with E-state index in [0.29, 0.717) is 20.7 Å². The van der Waals surface area contributed by atoms with E-state index >= 15 is 0 Å². The molecule has 1 heterocycles. The van der Waals surface area contributed by atoms with Gasteiger partial charge in [0.25, 0.3) is 0 Å². The minimum atomic E-state index is -0.0739. The van der Waals surface area contributed by atoms with Crippen LogP contribution in [0.15, 0.2) is 21.7 Å². The highest BCUT2D eigenvalue weighted by molar-refractivity contribution is 7.66. The molecule has 1 aromatic rings. The molecule has 0 amide bonds. The van der Waals surface area contributed by atoms with Crippen LogP contribution in [0.4, 0.5) is 0 Å². The fourth-order valence-corrected chi connectivity index (χ4v) is 3.92. The molecule has 5 heteroatoms. The first-order chi connectivity index (χ1) is 8.09. The highest BCUT2D eigenvalue weighted by atomic mass is 32.9. The van der Waals surface area contributed by atoms with E-state index in [-0.39, 0.29) is 10.9 Å². The first-order valence-corrected chi connectivity index (χ1v) is 7.29. The van der Waals surface area contributed by atoms with Gasteiger partial charge < -0.3 is 0 Å². The summed E-state index contributed by atoms with van der Waals surface area (Å²) in [6.45, 7) is 3.90. The van der Waals surface area contributed by atoms with Crippen molar-refractivity contribution in [3.63, 3.8) is 0 Å². The monoisotopic (exact) mass is 263 g/mol. The molecule has 1 N–H and O–H groups in total. The molecular weight excluding hydrogens is 254 g/mol. The lowest BCUT2D eigenvalue weighted by Crippen LogP contribution is -2.14. The van der Waals surface area contributed by atoms with Gasteiger partial charge in [0.15, 0.2) is 0 Å². The Morgan fingerprint density at radius 1 is 1.00 bits per heavy atom. The third-order valence-electron chi connectivity index (χ3n) is 3.05. The third kappa shape index (κ3) is 1.39. The Kier molecular flexibility index (Phi) is 2.21. The van der Waals surface area contributed by atoms with E-state index in [1.54, 1.807) is 0 Å². The zero-order valence-electron chi connectivity index (χ0n) is 9.29. The standard InChI is InChI=1S/C12H9NO2S2/c1-5-3-7-8(4-6(5)2)11(15)12-9(10(7)14)13-17-16-12/h3-4,13H,1-2H3. The van der Waals surface area contributed by atoms with Crippen molar-refractivity contribution in [2.45, 2.75) is 13.8 Å². The smallest absolute Gasteiger partial charge is 0.212 e. The summed E-state index contributed by atoms with van der Waals surface area (Å²) in [6, 6.07) is 3.63. The van der Waals surface area contributed by atoms with Gasteiger partial charge >= 0.3 is 0 Å². The molecule has 86 valence electrons. The number of aryl methyl sites for hydroxylation is 2. The van der Waals surface area contributed by atoms with Gasteiger partial charge in [0.1, 0.15) is 9.88 Å². The molecule has 0 saturated carbocycles. The molecule has 1 aliphatic carbocycles. The van der Waals surface area contributed by atoms with E-state index in [1.807, 2.05) is 26.0 Å². The molecular formula is C12H9NO2S2. The number of H-pyrrole nitrogens is 1. The molecule has 2 aliphatic rings. The molecule has 3 rings (SSSR count). The minimum Gasteiger partial charge on any atom is -0.297 e. The van der Waals surface area contributed by atoms with Gasteiger partial charge in [-0.15, -0.1) is 0 Å². The number of aromatic nitrogens is 1. The molecule has 1 aliphatic heterocycles. The van der Waals surface area contributed by atoms with Crippen LogP contribution in [0.25, 0.3) is 10.8 Å². The number of benzene rings is 1. The fraction of sp³-hybridized carbons (Fsp3) is 0.167. The first-order valence-electron chi connectivity index (χ1n) is 5.14. The van der Waals surface area contributed by atoms with Crippen LogP contribution in [0, 0.1) is 23.7 Å². The van der Waals surface area contributed by atoms with Gasteiger partial charge in [-0.25, -0.2) is 0 Å². The van der Waals surface area contributed by atoms with Gasteiger partial charge in [0, 0.05) is 10.8 Å². The number of nitrogens with one attached hydrogen (secondary N) is 1. The summed E-state index contributed by atoms with van der Waals surface area (Å²) in [6.07, 6.45) is 0. The number of fused-ring (bicyclic) bond motifs is 1. The van der Waals surface area contributed by atoms with Crippen LogP contribution in [0.5, 0.6) is 0 Å². The molecule has 0 radical (unpaired) electrons. The molecule has 0 unspecified atom stereocenters. The lowest BCUT2D eigenvalue weighted by molar-refractivity contribution is 1.32. The Balaban J connectivity index is 2.79. The van der Waals surface area contributed by atoms with Gasteiger partial charge in [0.2, 0.25) is 10.9 Å². The number of aromatic amines is 1. The molecule has 0 atom stereocenters. The van der Waals surface area contributed by atoms with Crippen molar-refractivity contribution in [1.29, 1.82) is 0 Å². The predicted molar refractivity (Wildman–Crippen MR) is 71.4 cm³/mol. The van der Waals surface area contributed by atoms with Gasteiger partial charge in [-0.3, -0.25) is 14.0 Å². The van der Waals surface area contributed by atoms with Crippen molar-refractivity contribution in [2.24, 2.45) is 0 Å². The Morgan fingerprint density at radius 2 is 1.59 bits per heavy atom. The molecule has 3 nitrogen and oxygen atoms in total. The van der Waals surface area contributed by atoms with Crippen LogP contribution in [0.3, 0.4) is 0 Å². The normalized spacial score (nSPS) is 11.4. The fourth-order valence-electron chi connectivity index (χ4n) is 1.94. The van der Waals surface area contributed by atoms with Gasteiger partial charge in [0.05, 0.1) is 0 Å². The summed E-state index contributed by atoms with van der Waals surface area (Å²) in [7, 11) is 2.64. The molecule has 0 aromatic heterocycles. The van der Waals surface area contributed by atoms with E-state index in [2.05, 4.69) is 4.37 Å². The topological polar surface area (TPSA) is 49.9 Å². The molecule has 0 bridgehead atoms. The van der Waals surface area contributed by atoms with Crippen molar-refractivity contribution in [3.8, 4) is 0 Å². The summed E-state index contributed by atoms with van der Waals surface area (Å²) in [5.41, 5.74) is 1.96. The summed E-state index contributed by atoms with van der Waals surface area (Å²) in [4.78, 5) is 24.4. The lowest BCUT2D eigenvalue weighted by atomic mass is 10.0. The van der Waals surface area contributed by atoms with E-state index in [9.17, 15) is 9.59 Å². The highest BCUT2D eigenvalue weighted by Gasteiger charge is 2.10. The van der Waals surface area contributed by atoms with Crippen molar-refractivity contribution < 1.29 is 0 Å². The molecule has 1 aromatic carbocycles. The summed E-state index contributed by atoms with van der Waals surface area (Å²) in [5.74, 6) is 0. The molecule has 0 spiro atoms. The van der Waals surface area contributed by atoms with Crippen LogP contribution >= 0.6 is 20.9 Å². The Hall–Kier alpha value is -1.46. The summed E-state index contributed by atoms with van der Waals surface area (Å²) in [5, 5.41) is 1.50. The number of hydrogen-bond donors (Lipinski definition) is 1. The SMILES string of the molecule is Cc1cc2c(=O)c3[nH]ssc=3c(=O)c2cc1C. The van der Waals surface area contributed by atoms with Crippen LogP contribution in [0.2, 0.25) is 0 Å². The summed E-state index contributed by atoms with van der Waals surface area (Å²) < 4.78 is 3.44. The van der Waals surface area contributed by atoms with Crippen molar-refractivity contribution in [2.75, 3.05) is 0 Å². The second-order valence-electron chi connectivity index (χ2n) is 4.11. The van der Waals surface area contributed by atoms with Crippen molar-refractivity contribution in [1.82, 2.24) is 4.37 Å². The minimum absolute atomic E-state index is 0.0415. The second kappa shape index (κ2) is 3.51. The quantitative estimate of drug-likeness (QED) is 0.633. The zero-order chi connectivity index (χ0) is 12.2. The van der Waals surface area contributed by atoms with Crippen LogP contribution < -0.4 is 10.9 Å². The van der Waals surface area contributed by atoms with Gasteiger partial charge in [-0.1, -0.05) is 10.3 Å².